The maximum Gasteiger partial charge on any atom is 0.0865 e. The maximum absolute atomic E-state index is 6.58. The predicted octanol–water partition coefficient (Wildman–Crippen LogP) is 6.32. The quantitative estimate of drug-likeness (QED) is 0.420. The minimum absolute atomic E-state index is 0.115. The summed E-state index contributed by atoms with van der Waals surface area (Å²) in [5.74, 6) is 0. The fourth-order valence-corrected chi connectivity index (χ4v) is 5.73. The van der Waals surface area contributed by atoms with Crippen LogP contribution in [0.3, 0.4) is 0 Å². The van der Waals surface area contributed by atoms with Crippen LogP contribution < -0.4 is 0 Å². The summed E-state index contributed by atoms with van der Waals surface area (Å²) in [5, 5.41) is -0.115. The molecule has 0 bridgehead atoms. The molecule has 2 rings (SSSR count). The molecule has 0 nitrogen and oxygen atoms in total. The molecular weight excluding hydrogens is 404 g/mol. The molecule has 5 heteroatoms. The zero-order chi connectivity index (χ0) is 12.4. The van der Waals surface area contributed by atoms with Gasteiger partial charge in [-0.3, -0.25) is 0 Å². The van der Waals surface area contributed by atoms with Crippen molar-refractivity contribution in [3.8, 4) is 0 Å². The molecule has 17 heavy (non-hydrogen) atoms. The van der Waals surface area contributed by atoms with Gasteiger partial charge in [-0.25, -0.2) is 0 Å². The van der Waals surface area contributed by atoms with E-state index in [1.54, 1.807) is 23.1 Å². The van der Waals surface area contributed by atoms with Crippen molar-refractivity contribution in [2.75, 3.05) is 6.26 Å². The molecule has 1 heterocycles. The lowest BCUT2D eigenvalue weighted by molar-refractivity contribution is 1.09. The summed E-state index contributed by atoms with van der Waals surface area (Å²) >= 11 is 17.0. The number of hydrogen-bond acceptors (Lipinski definition) is 2. The topological polar surface area (TPSA) is 0 Å². The second-order valence-corrected chi connectivity index (χ2v) is 8.42. The molecule has 0 fully saturated rings. The first-order valence-corrected chi connectivity index (χ1v) is 8.91. The predicted molar refractivity (Wildman–Crippen MR) is 85.6 cm³/mol. The molecule has 0 radical (unpaired) electrons. The third-order valence-electron chi connectivity index (χ3n) is 2.37. The molecule has 0 N–H and O–H groups in total. The minimum Gasteiger partial charge on any atom is -0.129 e. The van der Waals surface area contributed by atoms with Crippen molar-refractivity contribution in [3.05, 3.63) is 49.0 Å². The van der Waals surface area contributed by atoms with E-state index in [0.29, 0.717) is 0 Å². The Morgan fingerprint density at radius 2 is 1.94 bits per heavy atom. The number of hydrogen-bond donors (Lipinski definition) is 0. The van der Waals surface area contributed by atoms with Crippen LogP contribution in [0.4, 0.5) is 0 Å². The van der Waals surface area contributed by atoms with E-state index in [9.17, 15) is 0 Å². The van der Waals surface area contributed by atoms with Gasteiger partial charge in [0.1, 0.15) is 0 Å². The summed E-state index contributed by atoms with van der Waals surface area (Å²) in [7, 11) is 0. The van der Waals surface area contributed by atoms with Crippen molar-refractivity contribution in [2.24, 2.45) is 0 Å². The molecule has 0 aliphatic heterocycles. The molecule has 0 spiro atoms. The van der Waals surface area contributed by atoms with Gasteiger partial charge in [-0.15, -0.1) is 34.7 Å². The van der Waals surface area contributed by atoms with Gasteiger partial charge in [0.05, 0.1) is 12.9 Å². The molecule has 0 amide bonds. The van der Waals surface area contributed by atoms with Gasteiger partial charge in [0.25, 0.3) is 0 Å². The zero-order valence-corrected chi connectivity index (χ0v) is 14.5. The van der Waals surface area contributed by atoms with Gasteiger partial charge in [-0.2, -0.15) is 0 Å². The van der Waals surface area contributed by atoms with E-state index < -0.39 is 0 Å². The number of benzene rings is 1. The van der Waals surface area contributed by atoms with Crippen molar-refractivity contribution in [1.29, 1.82) is 0 Å². The normalized spacial score (nSPS) is 12.7. The van der Waals surface area contributed by atoms with Gasteiger partial charge in [-0.1, -0.05) is 18.2 Å². The highest BCUT2D eigenvalue weighted by molar-refractivity contribution is 9.12. The first kappa shape index (κ1) is 13.9. The van der Waals surface area contributed by atoms with Crippen molar-refractivity contribution in [1.82, 2.24) is 0 Å². The number of alkyl halides is 1. The molecule has 0 aliphatic carbocycles. The molecule has 0 saturated heterocycles. The Morgan fingerprint density at radius 3 is 2.53 bits per heavy atom. The number of thiophene rings is 1. The van der Waals surface area contributed by atoms with Crippen LogP contribution in [0.15, 0.2) is 42.8 Å². The standard InChI is InChI=1S/C12H9Br2ClS2/c1-16-9-5-3-2-4-7(9)11(15)8-6-10(13)17-12(8)14/h2-6,11H,1H3. The van der Waals surface area contributed by atoms with Crippen LogP contribution in [-0.2, 0) is 0 Å². The first-order valence-electron chi connectivity index (χ1n) is 4.85. The molecule has 0 saturated carbocycles. The van der Waals surface area contributed by atoms with E-state index in [1.165, 1.54) is 4.90 Å². The van der Waals surface area contributed by atoms with E-state index in [2.05, 4.69) is 56.3 Å². The smallest absolute Gasteiger partial charge is 0.0865 e. The maximum atomic E-state index is 6.58. The highest BCUT2D eigenvalue weighted by Crippen LogP contribution is 2.42. The third-order valence-corrected chi connectivity index (χ3v) is 6.04. The fourth-order valence-electron chi connectivity index (χ4n) is 1.57. The van der Waals surface area contributed by atoms with Gasteiger partial charge in [-0.05, 0) is 55.8 Å². The first-order chi connectivity index (χ1) is 8.13. The summed E-state index contributed by atoms with van der Waals surface area (Å²) in [6, 6.07) is 10.3. The average molecular weight is 413 g/mol. The molecule has 1 aromatic heterocycles. The van der Waals surface area contributed by atoms with Gasteiger partial charge in [0.2, 0.25) is 0 Å². The van der Waals surface area contributed by atoms with Crippen LogP contribution in [0, 0.1) is 0 Å². The van der Waals surface area contributed by atoms with Crippen molar-refractivity contribution in [2.45, 2.75) is 10.3 Å². The molecule has 2 aromatic rings. The monoisotopic (exact) mass is 410 g/mol. The number of rotatable bonds is 3. The van der Waals surface area contributed by atoms with Crippen LogP contribution in [0.25, 0.3) is 0 Å². The van der Waals surface area contributed by atoms with E-state index >= 15 is 0 Å². The lowest BCUT2D eigenvalue weighted by Gasteiger charge is -2.12. The van der Waals surface area contributed by atoms with E-state index in [0.717, 1.165) is 18.7 Å². The Kier molecular flexibility index (Phi) is 5.01. The Bertz CT molecular complexity index is 525. The zero-order valence-electron chi connectivity index (χ0n) is 8.91. The lowest BCUT2D eigenvalue weighted by Crippen LogP contribution is -1.94. The van der Waals surface area contributed by atoms with Crippen LogP contribution >= 0.6 is 66.6 Å². The second-order valence-electron chi connectivity index (χ2n) is 3.38. The van der Waals surface area contributed by atoms with Gasteiger partial charge < -0.3 is 0 Å². The Hall–Kier alpha value is 0.520. The fraction of sp³-hybridized carbons (Fsp3) is 0.167. The van der Waals surface area contributed by atoms with Crippen molar-refractivity contribution < 1.29 is 0 Å². The Morgan fingerprint density at radius 1 is 1.24 bits per heavy atom. The van der Waals surface area contributed by atoms with Crippen molar-refractivity contribution in [3.63, 3.8) is 0 Å². The molecule has 1 aromatic carbocycles. The average Bonchev–Trinajstić information content (AvgIpc) is 2.67. The number of halogens is 3. The molecule has 0 aliphatic rings. The van der Waals surface area contributed by atoms with Gasteiger partial charge in [0.15, 0.2) is 0 Å². The van der Waals surface area contributed by atoms with E-state index in [4.69, 9.17) is 11.6 Å². The third kappa shape index (κ3) is 3.10. The van der Waals surface area contributed by atoms with Gasteiger partial charge in [0, 0.05) is 10.5 Å². The van der Waals surface area contributed by atoms with E-state index in [-0.39, 0.29) is 5.38 Å². The Balaban J connectivity index is 2.43. The molecule has 1 unspecified atom stereocenters. The minimum atomic E-state index is -0.115. The summed E-state index contributed by atoms with van der Waals surface area (Å²) in [4.78, 5) is 1.22. The van der Waals surface area contributed by atoms with Crippen LogP contribution in [0.5, 0.6) is 0 Å². The van der Waals surface area contributed by atoms with Crippen LogP contribution in [0.2, 0.25) is 0 Å². The SMILES string of the molecule is CSc1ccccc1C(Cl)c1cc(Br)sc1Br. The summed E-state index contributed by atoms with van der Waals surface area (Å²) in [6.07, 6.45) is 2.07. The van der Waals surface area contributed by atoms with Crippen molar-refractivity contribution >= 4 is 66.6 Å². The number of thioether (sulfide) groups is 1. The Labute approximate surface area is 131 Å². The highest BCUT2D eigenvalue weighted by atomic mass is 79.9. The largest absolute Gasteiger partial charge is 0.129 e. The summed E-state index contributed by atoms with van der Waals surface area (Å²) < 4.78 is 2.17. The van der Waals surface area contributed by atoms with E-state index in [1.807, 2.05) is 12.1 Å². The van der Waals surface area contributed by atoms with Crippen LogP contribution in [-0.4, -0.2) is 6.26 Å². The van der Waals surface area contributed by atoms with Gasteiger partial charge >= 0.3 is 0 Å². The summed E-state index contributed by atoms with van der Waals surface area (Å²) in [6.45, 7) is 0. The summed E-state index contributed by atoms with van der Waals surface area (Å²) in [5.41, 5.74) is 2.28. The molecular formula is C12H9Br2ClS2. The van der Waals surface area contributed by atoms with Crippen LogP contribution in [0.1, 0.15) is 16.5 Å². The molecule has 1 atom stereocenters. The molecule has 90 valence electrons. The highest BCUT2D eigenvalue weighted by Gasteiger charge is 2.18. The second kappa shape index (κ2) is 6.11. The lowest BCUT2D eigenvalue weighted by atomic mass is 10.1.